The summed E-state index contributed by atoms with van der Waals surface area (Å²) in [5, 5.41) is 11.6. The Morgan fingerprint density at radius 2 is 2.22 bits per heavy atom. The Morgan fingerprint density at radius 1 is 1.39 bits per heavy atom. The predicted molar refractivity (Wildman–Crippen MR) is 66.2 cm³/mol. The molecular weight excluding hydrogens is 255 g/mol. The number of halogens is 2. The monoisotopic (exact) mass is 266 g/mol. The summed E-state index contributed by atoms with van der Waals surface area (Å²) < 4.78 is 14.9. The van der Waals surface area contributed by atoms with E-state index in [-0.39, 0.29) is 5.82 Å². The normalized spacial score (nSPS) is 15.0. The molecule has 4 nitrogen and oxygen atoms in total. The van der Waals surface area contributed by atoms with Crippen LogP contribution in [0.1, 0.15) is 18.5 Å². The number of rotatable bonds is 4. The predicted octanol–water partition coefficient (Wildman–Crippen LogP) is 2.31. The molecule has 18 heavy (non-hydrogen) atoms. The van der Waals surface area contributed by atoms with E-state index in [4.69, 9.17) is 11.6 Å². The molecule has 1 N–H and O–H groups in total. The molecule has 0 radical (unpaired) electrons. The van der Waals surface area contributed by atoms with E-state index in [9.17, 15) is 4.39 Å². The summed E-state index contributed by atoms with van der Waals surface area (Å²) in [6.45, 7) is 0.672. The summed E-state index contributed by atoms with van der Waals surface area (Å²) in [5.41, 5.74) is 1.48. The van der Waals surface area contributed by atoms with E-state index in [0.717, 1.165) is 5.69 Å². The topological polar surface area (TPSA) is 42.7 Å². The van der Waals surface area contributed by atoms with Crippen LogP contribution in [0, 0.1) is 5.82 Å². The molecule has 0 atom stereocenters. The molecule has 0 saturated heterocycles. The van der Waals surface area contributed by atoms with E-state index in [0.29, 0.717) is 23.3 Å². The molecule has 0 unspecified atom stereocenters. The number of hydrogen-bond acceptors (Lipinski definition) is 3. The second-order valence-electron chi connectivity index (χ2n) is 4.42. The average molecular weight is 267 g/mol. The van der Waals surface area contributed by atoms with Crippen LogP contribution in [0.25, 0.3) is 5.69 Å². The van der Waals surface area contributed by atoms with Crippen LogP contribution >= 0.6 is 11.6 Å². The van der Waals surface area contributed by atoms with Crippen molar-refractivity contribution in [3.63, 3.8) is 0 Å². The van der Waals surface area contributed by atoms with Gasteiger partial charge in [-0.3, -0.25) is 0 Å². The van der Waals surface area contributed by atoms with Gasteiger partial charge in [0.25, 0.3) is 0 Å². The maximum atomic E-state index is 13.3. The number of aromatic nitrogens is 3. The molecule has 0 spiro atoms. The van der Waals surface area contributed by atoms with E-state index < -0.39 is 0 Å². The quantitative estimate of drug-likeness (QED) is 0.923. The van der Waals surface area contributed by atoms with Crippen molar-refractivity contribution in [1.29, 1.82) is 0 Å². The fraction of sp³-hybridized carbons (Fsp3) is 0.333. The number of nitrogens with one attached hydrogen (secondary N) is 1. The first-order valence-corrected chi connectivity index (χ1v) is 6.19. The largest absolute Gasteiger partial charge is 0.308 e. The zero-order valence-corrected chi connectivity index (χ0v) is 10.4. The van der Waals surface area contributed by atoms with E-state index in [1.165, 1.54) is 25.0 Å². The van der Waals surface area contributed by atoms with E-state index in [1.807, 2.05) is 0 Å². The fourth-order valence-electron chi connectivity index (χ4n) is 1.79. The Labute approximate surface area is 109 Å². The minimum Gasteiger partial charge on any atom is -0.308 e. The van der Waals surface area contributed by atoms with Crippen molar-refractivity contribution in [2.45, 2.75) is 25.4 Å². The lowest BCUT2D eigenvalue weighted by Crippen LogP contribution is -2.18. The molecule has 1 aliphatic carbocycles. The molecule has 1 fully saturated rings. The van der Waals surface area contributed by atoms with Crippen LogP contribution in [-0.2, 0) is 6.54 Å². The molecule has 1 aromatic carbocycles. The molecular formula is C12H12ClFN4. The second-order valence-corrected chi connectivity index (χ2v) is 4.86. The van der Waals surface area contributed by atoms with Crippen LogP contribution in [0.2, 0.25) is 5.02 Å². The highest BCUT2D eigenvalue weighted by Crippen LogP contribution is 2.21. The van der Waals surface area contributed by atoms with E-state index in [1.54, 1.807) is 16.9 Å². The average Bonchev–Trinajstić information content (AvgIpc) is 3.02. The molecule has 3 rings (SSSR count). The van der Waals surface area contributed by atoms with Crippen LogP contribution in [-0.4, -0.2) is 21.0 Å². The van der Waals surface area contributed by atoms with Crippen molar-refractivity contribution < 1.29 is 4.39 Å². The molecule has 6 heteroatoms. The molecule has 0 amide bonds. The molecule has 1 aromatic heterocycles. The molecule has 0 aliphatic heterocycles. The third-order valence-corrected chi connectivity index (χ3v) is 3.08. The van der Waals surface area contributed by atoms with Gasteiger partial charge in [-0.2, -0.15) is 0 Å². The SMILES string of the molecule is Fc1cc(Cl)cc(-n2nncc2CNC2CC2)c1. The Balaban J connectivity index is 1.87. The smallest absolute Gasteiger partial charge is 0.126 e. The first-order valence-electron chi connectivity index (χ1n) is 5.82. The first kappa shape index (κ1) is 11.6. The summed E-state index contributed by atoms with van der Waals surface area (Å²) in [5.74, 6) is -0.380. The first-order chi connectivity index (χ1) is 8.72. The lowest BCUT2D eigenvalue weighted by atomic mass is 10.3. The van der Waals surface area contributed by atoms with Gasteiger partial charge < -0.3 is 5.32 Å². The van der Waals surface area contributed by atoms with E-state index >= 15 is 0 Å². The summed E-state index contributed by atoms with van der Waals surface area (Å²) >= 11 is 5.84. The summed E-state index contributed by atoms with van der Waals surface area (Å²) in [7, 11) is 0. The Morgan fingerprint density at radius 3 is 2.94 bits per heavy atom. The standard InChI is InChI=1S/C12H12ClFN4/c13-8-3-9(14)5-11(4-8)18-12(7-16-17-18)6-15-10-1-2-10/h3-5,7,10,15H,1-2,6H2. The third-order valence-electron chi connectivity index (χ3n) is 2.86. The summed E-state index contributed by atoms with van der Waals surface area (Å²) in [6.07, 6.45) is 4.11. The lowest BCUT2D eigenvalue weighted by Gasteiger charge is -2.07. The molecule has 1 aliphatic rings. The fourth-order valence-corrected chi connectivity index (χ4v) is 2.01. The second kappa shape index (κ2) is 4.66. The highest BCUT2D eigenvalue weighted by molar-refractivity contribution is 6.30. The Kier molecular flexibility index (Phi) is 3.01. The summed E-state index contributed by atoms with van der Waals surface area (Å²) in [6, 6.07) is 4.93. The van der Waals surface area contributed by atoms with Gasteiger partial charge in [-0.1, -0.05) is 16.8 Å². The van der Waals surface area contributed by atoms with Crippen LogP contribution in [0.5, 0.6) is 0 Å². The minimum absolute atomic E-state index is 0.349. The zero-order valence-electron chi connectivity index (χ0n) is 9.61. The minimum atomic E-state index is -0.380. The van der Waals surface area contributed by atoms with Gasteiger partial charge >= 0.3 is 0 Å². The van der Waals surface area contributed by atoms with Gasteiger partial charge in [0.2, 0.25) is 0 Å². The number of benzene rings is 1. The van der Waals surface area contributed by atoms with Crippen molar-refractivity contribution in [3.05, 3.63) is 40.9 Å². The lowest BCUT2D eigenvalue weighted by molar-refractivity contribution is 0.619. The van der Waals surface area contributed by atoms with Crippen molar-refractivity contribution in [1.82, 2.24) is 20.3 Å². The Bertz CT molecular complexity index is 545. The Hall–Kier alpha value is -1.46. The van der Waals surface area contributed by atoms with Crippen LogP contribution in [0.3, 0.4) is 0 Å². The molecule has 94 valence electrons. The molecule has 2 aromatic rings. The van der Waals surface area contributed by atoms with Crippen molar-refractivity contribution in [2.24, 2.45) is 0 Å². The number of hydrogen-bond donors (Lipinski definition) is 1. The highest BCUT2D eigenvalue weighted by atomic mass is 35.5. The van der Waals surface area contributed by atoms with Crippen LogP contribution in [0.4, 0.5) is 4.39 Å². The highest BCUT2D eigenvalue weighted by Gasteiger charge is 2.21. The van der Waals surface area contributed by atoms with Gasteiger partial charge in [-0.05, 0) is 31.0 Å². The third kappa shape index (κ3) is 2.52. The van der Waals surface area contributed by atoms with E-state index in [2.05, 4.69) is 15.6 Å². The zero-order chi connectivity index (χ0) is 12.5. The molecule has 0 bridgehead atoms. The number of nitrogens with zero attached hydrogens (tertiary/aromatic N) is 3. The summed E-state index contributed by atoms with van der Waals surface area (Å²) in [4.78, 5) is 0. The van der Waals surface area contributed by atoms with Crippen molar-refractivity contribution in [2.75, 3.05) is 0 Å². The van der Waals surface area contributed by atoms with Crippen molar-refractivity contribution >= 4 is 11.6 Å². The van der Waals surface area contributed by atoms with Crippen molar-refractivity contribution in [3.8, 4) is 5.69 Å². The van der Waals surface area contributed by atoms with Gasteiger partial charge in [0, 0.05) is 17.6 Å². The van der Waals surface area contributed by atoms with Gasteiger partial charge in [0.1, 0.15) is 5.82 Å². The molecule has 1 saturated carbocycles. The van der Waals surface area contributed by atoms with Gasteiger partial charge in [-0.25, -0.2) is 9.07 Å². The van der Waals surface area contributed by atoms with Crippen LogP contribution < -0.4 is 5.32 Å². The van der Waals surface area contributed by atoms with Crippen LogP contribution in [0.15, 0.2) is 24.4 Å². The van der Waals surface area contributed by atoms with Gasteiger partial charge in [-0.15, -0.1) is 5.10 Å². The van der Waals surface area contributed by atoms with Gasteiger partial charge in [0.05, 0.1) is 17.6 Å². The molecule has 1 heterocycles. The maximum absolute atomic E-state index is 13.3. The van der Waals surface area contributed by atoms with Gasteiger partial charge in [0.15, 0.2) is 0 Å². The maximum Gasteiger partial charge on any atom is 0.126 e.